The molecular formula is C41H58N4O13S4. The SMILES string of the molecule is CN=C1N[C@@H]2[C@@H](O)[C@H](O)[C@@H](CS(=O)(=O)Cc3ccccc3)O[C@@H]2S1.CO[C@@]1(C)O[C@@H]2[C@H]3N=C(N(C)C(=O)OC(C)(C)C)S[C@H]3O[C@H](CS(=O)(=O)Cc3ccccc3)[C@H]2OC1(C)C. The second kappa shape index (κ2) is 18.9. The maximum Gasteiger partial charge on any atom is 0.416 e. The van der Waals surface area contributed by atoms with Crippen LogP contribution in [0.2, 0.25) is 0 Å². The number of nitrogens with one attached hydrogen (secondary N) is 1. The number of methoxy groups -OCH3 is 1. The third kappa shape index (κ3) is 11.3. The minimum absolute atomic E-state index is 0.116. The number of thioether (sulfide) groups is 2. The number of sulfone groups is 2. The summed E-state index contributed by atoms with van der Waals surface area (Å²) in [6, 6.07) is 16.8. The molecule has 344 valence electrons. The molecule has 1 amide bonds. The van der Waals surface area contributed by atoms with Crippen LogP contribution in [-0.4, -0.2) is 158 Å². The molecule has 0 aliphatic carbocycles. The van der Waals surface area contributed by atoms with Gasteiger partial charge in [0, 0.05) is 21.2 Å². The monoisotopic (exact) mass is 942 g/mol. The van der Waals surface area contributed by atoms with Gasteiger partial charge in [-0.3, -0.25) is 14.9 Å². The van der Waals surface area contributed by atoms with E-state index < -0.39 is 102 Å². The Morgan fingerprint density at radius 3 is 1.94 bits per heavy atom. The Balaban J connectivity index is 0.000000229. The fraction of sp³-hybridized carbons (Fsp3) is 0.634. The van der Waals surface area contributed by atoms with Crippen LogP contribution in [0.5, 0.6) is 0 Å². The van der Waals surface area contributed by atoms with Gasteiger partial charge in [0.15, 0.2) is 35.8 Å². The Morgan fingerprint density at radius 1 is 0.855 bits per heavy atom. The van der Waals surface area contributed by atoms with Crippen molar-refractivity contribution >= 4 is 59.6 Å². The summed E-state index contributed by atoms with van der Waals surface area (Å²) < 4.78 is 87.7. The van der Waals surface area contributed by atoms with Crippen LogP contribution in [0, 0.1) is 0 Å². The van der Waals surface area contributed by atoms with E-state index in [1.165, 1.54) is 28.4 Å². The summed E-state index contributed by atoms with van der Waals surface area (Å²) in [6.07, 6.45) is -6.13. The summed E-state index contributed by atoms with van der Waals surface area (Å²) >= 11 is 2.52. The highest BCUT2D eigenvalue weighted by atomic mass is 32.2. The second-order valence-electron chi connectivity index (χ2n) is 17.3. The summed E-state index contributed by atoms with van der Waals surface area (Å²) in [4.78, 5) is 22.8. The second-order valence-corrected chi connectivity index (χ2v) is 23.7. The van der Waals surface area contributed by atoms with Crippen molar-refractivity contribution in [1.29, 1.82) is 0 Å². The zero-order valence-corrected chi connectivity index (χ0v) is 39.5. The van der Waals surface area contributed by atoms with E-state index in [9.17, 15) is 31.8 Å². The van der Waals surface area contributed by atoms with E-state index in [0.29, 0.717) is 21.5 Å². The molecule has 0 saturated carbocycles. The average molecular weight is 943 g/mol. The van der Waals surface area contributed by atoms with Crippen molar-refractivity contribution in [3.8, 4) is 0 Å². The molecule has 3 N–H and O–H groups in total. The lowest BCUT2D eigenvalue weighted by atomic mass is 9.90. The number of fused-ring (bicyclic) bond motifs is 4. The van der Waals surface area contributed by atoms with Gasteiger partial charge >= 0.3 is 6.09 Å². The van der Waals surface area contributed by atoms with E-state index >= 15 is 0 Å². The molecule has 0 bridgehead atoms. The standard InChI is InChI=1S/C26H38N2O8S2.C15H20N2O5S2/c1-24(2,3)36-23(29)28(7)22-27-18-20-19(34-25(4,5)26(6,32-8)35-20)17(33-21(18)37-22)15-38(30,31)14-16-12-10-9-11-13-16;1-16-15-17-11-13(19)12(18)10(22-14(11)23-15)8-24(20,21)7-9-5-3-2-4-6-9/h9-13,17-21H,14-15H2,1-8H3;2-6,10-14,18-19H,7-8H2,1H3,(H,16,17)/t17-,18-,19-,20-,21-,26+;10-,11-,12-,13-,14-/m11/s1. The van der Waals surface area contributed by atoms with E-state index in [1.807, 2.05) is 38.1 Å². The van der Waals surface area contributed by atoms with Crippen LogP contribution >= 0.6 is 23.5 Å². The molecule has 0 aromatic heterocycles. The van der Waals surface area contributed by atoms with Gasteiger partial charge in [-0.25, -0.2) is 21.6 Å². The zero-order chi connectivity index (χ0) is 45.4. The highest BCUT2D eigenvalue weighted by Crippen LogP contribution is 2.48. The van der Waals surface area contributed by atoms with Crippen LogP contribution in [0.1, 0.15) is 52.7 Å². The van der Waals surface area contributed by atoms with Crippen LogP contribution < -0.4 is 5.32 Å². The number of amides is 1. The van der Waals surface area contributed by atoms with E-state index in [1.54, 1.807) is 85.3 Å². The summed E-state index contributed by atoms with van der Waals surface area (Å²) in [6.45, 7) is 10.8. The highest BCUT2D eigenvalue weighted by Gasteiger charge is 2.62. The topological polar surface area (TPSA) is 221 Å². The fourth-order valence-electron chi connectivity index (χ4n) is 7.52. The fourth-order valence-corrected chi connectivity index (χ4v) is 13.0. The van der Waals surface area contributed by atoms with Crippen molar-refractivity contribution < 1.29 is 60.3 Å². The molecule has 11 atom stereocenters. The van der Waals surface area contributed by atoms with Crippen molar-refractivity contribution in [3.63, 3.8) is 0 Å². The smallest absolute Gasteiger partial charge is 0.416 e. The number of ether oxygens (including phenoxy) is 6. The van der Waals surface area contributed by atoms with Crippen molar-refractivity contribution in [2.75, 3.05) is 32.7 Å². The molecule has 2 aromatic rings. The van der Waals surface area contributed by atoms with Gasteiger partial charge < -0.3 is 44.0 Å². The number of aliphatic imine (C=N–C) groups is 2. The largest absolute Gasteiger partial charge is 0.443 e. The minimum Gasteiger partial charge on any atom is -0.443 e. The van der Waals surface area contributed by atoms with Gasteiger partial charge in [-0.15, -0.1) is 0 Å². The number of rotatable bonds is 9. The third-order valence-corrected chi connectivity index (χ3v) is 16.6. The van der Waals surface area contributed by atoms with Crippen molar-refractivity contribution in [2.24, 2.45) is 9.98 Å². The van der Waals surface area contributed by atoms with Crippen LogP contribution in [0.25, 0.3) is 0 Å². The summed E-state index contributed by atoms with van der Waals surface area (Å²) in [7, 11) is -2.34. The first-order valence-electron chi connectivity index (χ1n) is 20.1. The molecule has 2 aromatic carbocycles. The maximum atomic E-state index is 13.3. The Labute approximate surface area is 372 Å². The molecule has 5 aliphatic rings. The quantitative estimate of drug-likeness (QED) is 0.328. The number of nitrogens with zero attached hydrogens (tertiary/aromatic N) is 3. The van der Waals surface area contributed by atoms with Gasteiger partial charge in [-0.05, 0) is 52.7 Å². The van der Waals surface area contributed by atoms with Crippen molar-refractivity contribution in [3.05, 3.63) is 71.8 Å². The highest BCUT2D eigenvalue weighted by molar-refractivity contribution is 8.14. The molecule has 0 radical (unpaired) electrons. The van der Waals surface area contributed by atoms with Gasteiger partial charge in [0.25, 0.3) is 0 Å². The molecule has 4 fully saturated rings. The van der Waals surface area contributed by atoms with Gasteiger partial charge in [-0.2, -0.15) is 0 Å². The Bertz CT molecular complexity index is 2180. The molecule has 21 heteroatoms. The van der Waals surface area contributed by atoms with Gasteiger partial charge in [-0.1, -0.05) is 84.2 Å². The number of hydrogen-bond donors (Lipinski definition) is 3. The number of aliphatic hydroxyl groups excluding tert-OH is 2. The Kier molecular flexibility index (Phi) is 14.9. The van der Waals surface area contributed by atoms with Crippen LogP contribution in [0.15, 0.2) is 70.6 Å². The number of carbonyl (C=O) groups is 1. The van der Waals surface area contributed by atoms with E-state index in [-0.39, 0.29) is 23.0 Å². The minimum atomic E-state index is -3.57. The zero-order valence-electron chi connectivity index (χ0n) is 36.2. The lowest BCUT2D eigenvalue weighted by Crippen LogP contribution is -2.70. The number of amidine groups is 2. The number of benzene rings is 2. The van der Waals surface area contributed by atoms with E-state index in [4.69, 9.17) is 33.4 Å². The maximum absolute atomic E-state index is 13.3. The van der Waals surface area contributed by atoms with Crippen LogP contribution in [0.3, 0.4) is 0 Å². The van der Waals surface area contributed by atoms with Crippen LogP contribution in [-0.2, 0) is 59.6 Å². The molecule has 5 aliphatic heterocycles. The van der Waals surface area contributed by atoms with Gasteiger partial charge in [0.2, 0.25) is 0 Å². The predicted octanol–water partition coefficient (Wildman–Crippen LogP) is 3.33. The molecule has 7 rings (SSSR count). The van der Waals surface area contributed by atoms with E-state index in [0.717, 1.165) is 0 Å². The summed E-state index contributed by atoms with van der Waals surface area (Å²) in [5, 5.41) is 24.5. The van der Waals surface area contributed by atoms with Gasteiger partial charge in [0.1, 0.15) is 64.7 Å². The first kappa shape index (κ1) is 48.6. The Hall–Kier alpha value is -2.83. The molecular weight excluding hydrogens is 885 g/mol. The number of carbonyl (C=O) groups excluding carboxylic acids is 1. The lowest BCUT2D eigenvalue weighted by Gasteiger charge is -2.56. The van der Waals surface area contributed by atoms with Crippen LogP contribution in [0.4, 0.5) is 4.79 Å². The van der Waals surface area contributed by atoms with Crippen molar-refractivity contribution in [1.82, 2.24) is 10.2 Å². The first-order chi connectivity index (χ1) is 28.9. The molecule has 5 heterocycles. The summed E-state index contributed by atoms with van der Waals surface area (Å²) in [5.74, 6) is -1.97. The molecule has 0 spiro atoms. The molecule has 0 unspecified atom stereocenters. The number of aliphatic hydroxyl groups is 2. The van der Waals surface area contributed by atoms with E-state index in [2.05, 4.69) is 10.3 Å². The molecule has 4 saturated heterocycles. The Morgan fingerprint density at radius 2 is 1.40 bits per heavy atom. The average Bonchev–Trinajstić information content (AvgIpc) is 3.81. The van der Waals surface area contributed by atoms with Gasteiger partial charge in [0.05, 0.1) is 29.1 Å². The third-order valence-electron chi connectivity index (χ3n) is 11.0. The van der Waals surface area contributed by atoms with Crippen molar-refractivity contribution in [2.45, 2.75) is 130 Å². The summed E-state index contributed by atoms with van der Waals surface area (Å²) in [5.41, 5.74) is -1.26. The number of hydrogen-bond acceptors (Lipinski definition) is 17. The molecule has 17 nitrogen and oxygen atoms in total. The molecule has 62 heavy (non-hydrogen) atoms. The lowest BCUT2D eigenvalue weighted by molar-refractivity contribution is -0.402. The normalized spacial score (nSPS) is 33.5. The first-order valence-corrected chi connectivity index (χ1v) is 25.5. The predicted molar refractivity (Wildman–Crippen MR) is 237 cm³/mol.